The van der Waals surface area contributed by atoms with Gasteiger partial charge in [-0.2, -0.15) is 0 Å². The van der Waals surface area contributed by atoms with Crippen LogP contribution in [0.25, 0.3) is 0 Å². The van der Waals surface area contributed by atoms with Gasteiger partial charge in [0.15, 0.2) is 19.4 Å². The number of hydrogen-bond acceptors (Lipinski definition) is 6. The van der Waals surface area contributed by atoms with Gasteiger partial charge in [0, 0.05) is 23.2 Å². The Morgan fingerprint density at radius 1 is 1.07 bits per heavy atom. The molecule has 29 heavy (non-hydrogen) atoms. The number of carbonyl (C=O) groups excluding carboxylic acids is 2. The minimum absolute atomic E-state index is 0.0423. The predicted molar refractivity (Wildman–Crippen MR) is 101 cm³/mol. The second-order valence-electron chi connectivity index (χ2n) is 10.2. The molecule has 156 valence electrons. The summed E-state index contributed by atoms with van der Waals surface area (Å²) < 4.78 is 23.9. The minimum Gasteiger partial charge on any atom is -0.350 e. The van der Waals surface area contributed by atoms with E-state index in [0.717, 1.165) is 31.3 Å². The van der Waals surface area contributed by atoms with Crippen LogP contribution in [-0.4, -0.2) is 43.1 Å². The van der Waals surface area contributed by atoms with Gasteiger partial charge in [0.05, 0.1) is 0 Å². The number of ketones is 2. The first-order valence-electron chi connectivity index (χ1n) is 10.8. The van der Waals surface area contributed by atoms with Crippen LogP contribution < -0.4 is 0 Å². The first-order chi connectivity index (χ1) is 13.9. The lowest BCUT2D eigenvalue weighted by Crippen LogP contribution is -2.65. The molecule has 5 fully saturated rings. The molecule has 6 rings (SSSR count). The third-order valence-corrected chi connectivity index (χ3v) is 9.26. The molecule has 0 aromatic rings. The third-order valence-electron chi connectivity index (χ3n) is 9.26. The molecule has 7 atom stereocenters. The molecule has 0 N–H and O–H groups in total. The lowest BCUT2D eigenvalue weighted by atomic mass is 9.46. The molecule has 6 aliphatic rings. The van der Waals surface area contributed by atoms with E-state index in [1.807, 2.05) is 6.08 Å². The number of fused-ring (bicyclic) bond motifs is 7. The molecule has 0 bridgehead atoms. The van der Waals surface area contributed by atoms with E-state index in [2.05, 4.69) is 13.8 Å². The van der Waals surface area contributed by atoms with Gasteiger partial charge in [-0.1, -0.05) is 25.5 Å². The van der Waals surface area contributed by atoms with Crippen LogP contribution in [0.2, 0.25) is 0 Å². The molecular weight excluding hydrogens is 372 g/mol. The van der Waals surface area contributed by atoms with Crippen LogP contribution in [0, 0.1) is 28.6 Å². The quantitative estimate of drug-likeness (QED) is 0.623. The summed E-state index contributed by atoms with van der Waals surface area (Å²) in [5.74, 6) is -0.00208. The maximum Gasteiger partial charge on any atom is 0.226 e. The van der Waals surface area contributed by atoms with Gasteiger partial charge in [0.25, 0.3) is 0 Å². The predicted octanol–water partition coefficient (Wildman–Crippen LogP) is 2.92. The Hall–Kier alpha value is -1.34. The monoisotopic (exact) mass is 400 g/mol. The zero-order chi connectivity index (χ0) is 20.1. The molecule has 0 amide bonds. The summed E-state index contributed by atoms with van der Waals surface area (Å²) in [6, 6.07) is 0. The van der Waals surface area contributed by atoms with Gasteiger partial charge in [-0.25, -0.2) is 0 Å². The van der Waals surface area contributed by atoms with Gasteiger partial charge in [-0.15, -0.1) is 0 Å². The van der Waals surface area contributed by atoms with Gasteiger partial charge in [-0.3, -0.25) is 9.59 Å². The topological polar surface area (TPSA) is 71.1 Å². The highest BCUT2D eigenvalue weighted by Crippen LogP contribution is 2.70. The van der Waals surface area contributed by atoms with Crippen molar-refractivity contribution >= 4 is 11.6 Å². The van der Waals surface area contributed by atoms with Crippen molar-refractivity contribution in [2.45, 2.75) is 57.3 Å². The summed E-state index contributed by atoms with van der Waals surface area (Å²) in [5.41, 5.74) is -0.207. The molecule has 2 saturated heterocycles. The van der Waals surface area contributed by atoms with Crippen molar-refractivity contribution in [3.05, 3.63) is 23.8 Å². The summed E-state index contributed by atoms with van der Waals surface area (Å²) in [7, 11) is 0. The van der Waals surface area contributed by atoms with E-state index in [9.17, 15) is 9.59 Å². The Kier molecular flexibility index (Phi) is 3.60. The molecule has 2 aliphatic heterocycles. The highest BCUT2D eigenvalue weighted by Gasteiger charge is 2.76. The fourth-order valence-corrected chi connectivity index (χ4v) is 8.00. The van der Waals surface area contributed by atoms with Crippen molar-refractivity contribution in [1.82, 2.24) is 0 Å². The number of allylic oxidation sites excluding steroid dienone is 4. The van der Waals surface area contributed by atoms with Gasteiger partial charge >= 0.3 is 0 Å². The van der Waals surface area contributed by atoms with Crippen molar-refractivity contribution < 1.29 is 28.5 Å². The molecule has 3 saturated carbocycles. The van der Waals surface area contributed by atoms with Gasteiger partial charge in [-0.05, 0) is 49.7 Å². The average Bonchev–Trinajstić information content (AvgIpc) is 3.37. The lowest BCUT2D eigenvalue weighted by Gasteiger charge is -2.58. The lowest BCUT2D eigenvalue weighted by molar-refractivity contribution is -0.245. The zero-order valence-electron chi connectivity index (χ0n) is 17.1. The molecule has 2 heterocycles. The SMILES string of the molecule is C[C@]12C=CC(=O)C=C1CC[C@@H]1[C@@H]2C(=O)C[C@@]2(C)[C@H]1CC[C@@]21OCOC12COCO2. The highest BCUT2D eigenvalue weighted by atomic mass is 16.9. The summed E-state index contributed by atoms with van der Waals surface area (Å²) in [5, 5.41) is 0. The molecule has 6 heteroatoms. The number of Topliss-reactive ketones (excluding diaryl/α,β-unsaturated/α-hetero) is 1. The van der Waals surface area contributed by atoms with E-state index in [1.165, 1.54) is 0 Å². The van der Waals surface area contributed by atoms with Gasteiger partial charge in [0.1, 0.15) is 18.0 Å². The summed E-state index contributed by atoms with van der Waals surface area (Å²) in [6.07, 6.45) is 9.51. The molecule has 0 aromatic heterocycles. The van der Waals surface area contributed by atoms with Gasteiger partial charge in [0.2, 0.25) is 5.79 Å². The molecule has 0 radical (unpaired) electrons. The van der Waals surface area contributed by atoms with Crippen LogP contribution in [0.5, 0.6) is 0 Å². The van der Waals surface area contributed by atoms with Crippen LogP contribution in [0.1, 0.15) is 46.0 Å². The Balaban J connectivity index is 1.42. The average molecular weight is 400 g/mol. The molecule has 1 unspecified atom stereocenters. The van der Waals surface area contributed by atoms with Gasteiger partial charge < -0.3 is 18.9 Å². The van der Waals surface area contributed by atoms with Crippen molar-refractivity contribution in [1.29, 1.82) is 0 Å². The summed E-state index contributed by atoms with van der Waals surface area (Å²) >= 11 is 0. The smallest absolute Gasteiger partial charge is 0.226 e. The van der Waals surface area contributed by atoms with Crippen LogP contribution in [0.4, 0.5) is 0 Å². The molecule has 0 aromatic carbocycles. The van der Waals surface area contributed by atoms with Crippen molar-refractivity contribution in [3.63, 3.8) is 0 Å². The van der Waals surface area contributed by atoms with E-state index >= 15 is 0 Å². The number of hydrogen-bond donors (Lipinski definition) is 0. The molecular formula is C23H28O6. The highest BCUT2D eigenvalue weighted by molar-refractivity contribution is 6.01. The maximum absolute atomic E-state index is 13.7. The second kappa shape index (κ2) is 5.67. The summed E-state index contributed by atoms with van der Waals surface area (Å²) in [4.78, 5) is 25.7. The van der Waals surface area contributed by atoms with Crippen LogP contribution in [0.3, 0.4) is 0 Å². The van der Waals surface area contributed by atoms with Crippen LogP contribution in [-0.2, 0) is 28.5 Å². The second-order valence-corrected chi connectivity index (χ2v) is 10.2. The molecule has 2 spiro atoms. The third kappa shape index (κ3) is 2.02. The fourth-order valence-electron chi connectivity index (χ4n) is 8.00. The number of rotatable bonds is 0. The largest absolute Gasteiger partial charge is 0.350 e. The van der Waals surface area contributed by atoms with Crippen molar-refractivity contribution in [3.8, 4) is 0 Å². The fraction of sp³-hybridized carbons (Fsp3) is 0.739. The Labute approximate surface area is 170 Å². The van der Waals surface area contributed by atoms with E-state index in [-0.39, 0.29) is 47.8 Å². The molecule has 6 nitrogen and oxygen atoms in total. The Bertz CT molecular complexity index is 848. The standard InChI is InChI=1S/C23H28O6/c1-20-7-5-15(24)9-14(20)3-4-16-17-6-8-22(21(17,2)10-18(25)19(16)20)23(29-13-27-22)11-26-12-28-23/h5,7,9,16-17,19H,3-4,6,8,10-13H2,1-2H3/t16-,17-,19+,20-,21-,22+,23?/m0/s1. The minimum atomic E-state index is -0.898. The van der Waals surface area contributed by atoms with Crippen molar-refractivity contribution in [2.24, 2.45) is 28.6 Å². The summed E-state index contributed by atoms with van der Waals surface area (Å²) in [6.45, 7) is 5.10. The normalized spacial score (nSPS) is 53.3. The first-order valence-corrected chi connectivity index (χ1v) is 10.8. The molecule has 4 aliphatic carbocycles. The first kappa shape index (κ1) is 18.4. The Morgan fingerprint density at radius 3 is 2.69 bits per heavy atom. The number of carbonyl (C=O) groups is 2. The van der Waals surface area contributed by atoms with E-state index < -0.39 is 11.4 Å². The Morgan fingerprint density at radius 2 is 1.90 bits per heavy atom. The van der Waals surface area contributed by atoms with E-state index in [0.29, 0.717) is 18.9 Å². The van der Waals surface area contributed by atoms with E-state index in [1.54, 1.807) is 12.2 Å². The number of ether oxygens (including phenoxy) is 4. The van der Waals surface area contributed by atoms with E-state index in [4.69, 9.17) is 18.9 Å². The van der Waals surface area contributed by atoms with Crippen LogP contribution in [0.15, 0.2) is 23.8 Å². The van der Waals surface area contributed by atoms with Crippen molar-refractivity contribution in [2.75, 3.05) is 20.2 Å². The van der Waals surface area contributed by atoms with Crippen LogP contribution >= 0.6 is 0 Å². The maximum atomic E-state index is 13.7. The zero-order valence-corrected chi connectivity index (χ0v) is 17.1.